The zero-order chi connectivity index (χ0) is 19.2. The Labute approximate surface area is 152 Å². The van der Waals surface area contributed by atoms with Gasteiger partial charge in [-0.25, -0.2) is 9.78 Å². The van der Waals surface area contributed by atoms with E-state index in [0.29, 0.717) is 23.7 Å². The van der Waals surface area contributed by atoms with E-state index in [2.05, 4.69) is 15.6 Å². The summed E-state index contributed by atoms with van der Waals surface area (Å²) in [5, 5.41) is 5.44. The van der Waals surface area contributed by atoms with Gasteiger partial charge in [-0.05, 0) is 50.6 Å². The molecule has 0 saturated carbocycles. The lowest BCUT2D eigenvalue weighted by molar-refractivity contribution is 0.0635. The summed E-state index contributed by atoms with van der Waals surface area (Å²) in [5.74, 6) is 0.230. The molecule has 0 aliphatic carbocycles. The van der Waals surface area contributed by atoms with Gasteiger partial charge in [0.05, 0.1) is 7.11 Å². The van der Waals surface area contributed by atoms with E-state index in [9.17, 15) is 9.59 Å². The van der Waals surface area contributed by atoms with Crippen LogP contribution in [0, 0.1) is 0 Å². The molecule has 7 nitrogen and oxygen atoms in total. The number of nitrogens with zero attached hydrogens (tertiary/aromatic N) is 1. The number of benzene rings is 1. The summed E-state index contributed by atoms with van der Waals surface area (Å²) >= 11 is 0. The third-order valence-corrected chi connectivity index (χ3v) is 3.23. The van der Waals surface area contributed by atoms with Gasteiger partial charge >= 0.3 is 6.09 Å². The van der Waals surface area contributed by atoms with Gasteiger partial charge in [0.25, 0.3) is 5.91 Å². The lowest BCUT2D eigenvalue weighted by atomic mass is 10.1. The van der Waals surface area contributed by atoms with Crippen LogP contribution in [-0.2, 0) is 11.3 Å². The summed E-state index contributed by atoms with van der Waals surface area (Å²) in [4.78, 5) is 28.2. The highest BCUT2D eigenvalue weighted by Gasteiger charge is 2.16. The monoisotopic (exact) mass is 357 g/mol. The first-order valence-electron chi connectivity index (χ1n) is 8.14. The molecule has 26 heavy (non-hydrogen) atoms. The molecule has 0 fully saturated rings. The average molecular weight is 357 g/mol. The Bertz CT molecular complexity index is 784. The largest absolute Gasteiger partial charge is 0.481 e. The molecule has 0 bridgehead atoms. The highest BCUT2D eigenvalue weighted by molar-refractivity contribution is 5.96. The highest BCUT2D eigenvalue weighted by atomic mass is 16.6. The molecule has 0 aliphatic heterocycles. The molecule has 1 aromatic heterocycles. The molecule has 0 aliphatic rings. The lowest BCUT2D eigenvalue weighted by Gasteiger charge is -2.19. The SMILES string of the molecule is COc1cc(CNC(=O)c2cccc(NC(=O)OC(C)(C)C)c2)ccn1. The van der Waals surface area contributed by atoms with E-state index in [1.807, 2.05) is 0 Å². The Morgan fingerprint density at radius 3 is 2.62 bits per heavy atom. The number of aromatic nitrogens is 1. The molecule has 1 heterocycles. The van der Waals surface area contributed by atoms with Crippen LogP contribution >= 0.6 is 0 Å². The summed E-state index contributed by atoms with van der Waals surface area (Å²) < 4.78 is 10.3. The van der Waals surface area contributed by atoms with Crippen molar-refractivity contribution in [2.24, 2.45) is 0 Å². The fraction of sp³-hybridized carbons (Fsp3) is 0.316. The van der Waals surface area contributed by atoms with Crippen LogP contribution in [0.15, 0.2) is 42.6 Å². The fourth-order valence-corrected chi connectivity index (χ4v) is 2.12. The minimum Gasteiger partial charge on any atom is -0.481 e. The van der Waals surface area contributed by atoms with Gasteiger partial charge in [-0.3, -0.25) is 10.1 Å². The van der Waals surface area contributed by atoms with E-state index in [-0.39, 0.29) is 5.91 Å². The Morgan fingerprint density at radius 2 is 1.92 bits per heavy atom. The van der Waals surface area contributed by atoms with E-state index in [1.54, 1.807) is 63.4 Å². The number of anilines is 1. The molecule has 2 aromatic rings. The number of carbonyl (C=O) groups is 2. The van der Waals surface area contributed by atoms with Crippen molar-refractivity contribution in [2.45, 2.75) is 32.9 Å². The smallest absolute Gasteiger partial charge is 0.412 e. The van der Waals surface area contributed by atoms with Gasteiger partial charge in [0.15, 0.2) is 0 Å². The van der Waals surface area contributed by atoms with Crippen molar-refractivity contribution in [3.8, 4) is 5.88 Å². The van der Waals surface area contributed by atoms with Gasteiger partial charge in [-0.1, -0.05) is 6.07 Å². The molecule has 1 aromatic carbocycles. The summed E-state index contributed by atoms with van der Waals surface area (Å²) in [7, 11) is 1.54. The van der Waals surface area contributed by atoms with Crippen molar-refractivity contribution >= 4 is 17.7 Å². The molecule has 0 radical (unpaired) electrons. The van der Waals surface area contributed by atoms with Crippen LogP contribution in [0.2, 0.25) is 0 Å². The van der Waals surface area contributed by atoms with Gasteiger partial charge in [0.1, 0.15) is 5.60 Å². The molecule has 7 heteroatoms. The standard InChI is InChI=1S/C19H23N3O4/c1-19(2,3)26-18(24)22-15-7-5-6-14(11-15)17(23)21-12-13-8-9-20-16(10-13)25-4/h5-11H,12H2,1-4H3,(H,21,23)(H,22,24). The van der Waals surface area contributed by atoms with E-state index >= 15 is 0 Å². The van der Waals surface area contributed by atoms with Crippen LogP contribution in [-0.4, -0.2) is 29.7 Å². The zero-order valence-corrected chi connectivity index (χ0v) is 15.3. The van der Waals surface area contributed by atoms with Crippen molar-refractivity contribution in [1.29, 1.82) is 0 Å². The number of rotatable bonds is 5. The van der Waals surface area contributed by atoms with Crippen molar-refractivity contribution in [3.63, 3.8) is 0 Å². The molecular weight excluding hydrogens is 334 g/mol. The molecule has 0 atom stereocenters. The fourth-order valence-electron chi connectivity index (χ4n) is 2.12. The first-order valence-corrected chi connectivity index (χ1v) is 8.14. The third kappa shape index (κ3) is 6.08. The van der Waals surface area contributed by atoms with Crippen molar-refractivity contribution in [3.05, 3.63) is 53.7 Å². The minimum atomic E-state index is -0.593. The summed E-state index contributed by atoms with van der Waals surface area (Å²) in [6.45, 7) is 5.68. The number of ether oxygens (including phenoxy) is 2. The zero-order valence-electron chi connectivity index (χ0n) is 15.3. The van der Waals surface area contributed by atoms with Crippen LogP contribution in [0.5, 0.6) is 5.88 Å². The Morgan fingerprint density at radius 1 is 1.15 bits per heavy atom. The number of amides is 2. The normalized spacial score (nSPS) is 10.8. The van der Waals surface area contributed by atoms with Crippen molar-refractivity contribution in [1.82, 2.24) is 10.3 Å². The second-order valence-electron chi connectivity index (χ2n) is 6.60. The number of pyridine rings is 1. The van der Waals surface area contributed by atoms with Gasteiger partial charge < -0.3 is 14.8 Å². The summed E-state index contributed by atoms with van der Waals surface area (Å²) in [5.41, 5.74) is 1.19. The number of carbonyl (C=O) groups excluding carboxylic acids is 2. The summed E-state index contributed by atoms with van der Waals surface area (Å²) in [6, 6.07) is 10.2. The molecule has 138 valence electrons. The van der Waals surface area contributed by atoms with E-state index in [4.69, 9.17) is 9.47 Å². The Balaban J connectivity index is 1.97. The molecule has 2 amide bonds. The predicted molar refractivity (Wildman–Crippen MR) is 98.3 cm³/mol. The first-order chi connectivity index (χ1) is 12.3. The molecule has 0 saturated heterocycles. The predicted octanol–water partition coefficient (Wildman–Crippen LogP) is 3.37. The molecule has 0 unspecified atom stereocenters. The lowest BCUT2D eigenvalue weighted by Crippen LogP contribution is -2.27. The van der Waals surface area contributed by atoms with E-state index < -0.39 is 11.7 Å². The average Bonchev–Trinajstić information content (AvgIpc) is 2.58. The Hall–Kier alpha value is -3.09. The first kappa shape index (κ1) is 19.2. The van der Waals surface area contributed by atoms with Crippen LogP contribution in [0.4, 0.5) is 10.5 Å². The third-order valence-electron chi connectivity index (χ3n) is 3.23. The maximum atomic E-state index is 12.3. The quantitative estimate of drug-likeness (QED) is 0.856. The van der Waals surface area contributed by atoms with Crippen LogP contribution in [0.1, 0.15) is 36.7 Å². The number of hydrogen-bond acceptors (Lipinski definition) is 5. The summed E-state index contributed by atoms with van der Waals surface area (Å²) in [6.07, 6.45) is 1.05. The second-order valence-corrected chi connectivity index (χ2v) is 6.60. The van der Waals surface area contributed by atoms with Crippen LogP contribution in [0.3, 0.4) is 0 Å². The van der Waals surface area contributed by atoms with Gasteiger partial charge in [-0.2, -0.15) is 0 Å². The van der Waals surface area contributed by atoms with Gasteiger partial charge in [0.2, 0.25) is 5.88 Å². The van der Waals surface area contributed by atoms with Crippen molar-refractivity contribution in [2.75, 3.05) is 12.4 Å². The molecular formula is C19H23N3O4. The number of nitrogens with one attached hydrogen (secondary N) is 2. The maximum absolute atomic E-state index is 12.3. The molecule has 2 N–H and O–H groups in total. The molecule has 2 rings (SSSR count). The number of methoxy groups -OCH3 is 1. The van der Waals surface area contributed by atoms with Crippen LogP contribution in [0.25, 0.3) is 0 Å². The van der Waals surface area contributed by atoms with Gasteiger partial charge in [-0.15, -0.1) is 0 Å². The van der Waals surface area contributed by atoms with Gasteiger partial charge in [0, 0.05) is 30.1 Å². The minimum absolute atomic E-state index is 0.256. The highest BCUT2D eigenvalue weighted by Crippen LogP contribution is 2.14. The van der Waals surface area contributed by atoms with Crippen LogP contribution < -0.4 is 15.4 Å². The van der Waals surface area contributed by atoms with E-state index in [0.717, 1.165) is 5.56 Å². The topological polar surface area (TPSA) is 89.6 Å². The number of hydrogen-bond donors (Lipinski definition) is 2. The maximum Gasteiger partial charge on any atom is 0.412 e. The molecule has 0 spiro atoms. The van der Waals surface area contributed by atoms with E-state index in [1.165, 1.54) is 7.11 Å². The van der Waals surface area contributed by atoms with Crippen molar-refractivity contribution < 1.29 is 19.1 Å². The Kier molecular flexibility index (Phi) is 6.16. The second kappa shape index (κ2) is 8.33.